The van der Waals surface area contributed by atoms with Crippen LogP contribution < -0.4 is 10.6 Å². The molecular formula is C26H41N3O6S. The number of hydrogen-bond acceptors (Lipinski definition) is 7. The molecule has 0 heterocycles. The Balaban J connectivity index is 3.47. The van der Waals surface area contributed by atoms with Gasteiger partial charge in [-0.1, -0.05) is 25.1 Å². The molecule has 0 aliphatic carbocycles. The number of ether oxygens (including phenoxy) is 2. The zero-order valence-electron chi connectivity index (χ0n) is 22.7. The lowest BCUT2D eigenvalue weighted by atomic mass is 9.94. The molecule has 1 aromatic rings. The molecule has 1 rings (SSSR count). The van der Waals surface area contributed by atoms with Crippen LogP contribution in [0.4, 0.5) is 4.79 Å². The average molecular weight is 524 g/mol. The lowest BCUT2D eigenvalue weighted by Gasteiger charge is -2.35. The number of hydrogen-bond donors (Lipinski definition) is 2. The number of methoxy groups -OCH3 is 1. The van der Waals surface area contributed by atoms with Crippen LogP contribution in [0, 0.1) is 13.8 Å². The maximum Gasteiger partial charge on any atom is 0.408 e. The molecule has 3 amide bonds. The molecule has 0 saturated carbocycles. The van der Waals surface area contributed by atoms with E-state index in [1.165, 1.54) is 12.0 Å². The first-order chi connectivity index (χ1) is 16.9. The maximum atomic E-state index is 13.9. The highest BCUT2D eigenvalue weighted by molar-refractivity contribution is 7.98. The van der Waals surface area contributed by atoms with Crippen LogP contribution in [-0.4, -0.2) is 72.6 Å². The summed E-state index contributed by atoms with van der Waals surface area (Å²) in [5.41, 5.74) is 1.76. The smallest absolute Gasteiger partial charge is 0.408 e. The normalized spacial score (nSPS) is 12.8. The van der Waals surface area contributed by atoms with E-state index < -0.39 is 41.6 Å². The summed E-state index contributed by atoms with van der Waals surface area (Å²) < 4.78 is 10.0. The van der Waals surface area contributed by atoms with Gasteiger partial charge < -0.3 is 25.0 Å². The van der Waals surface area contributed by atoms with Gasteiger partial charge in [-0.25, -0.2) is 4.79 Å². The predicted molar refractivity (Wildman–Crippen MR) is 142 cm³/mol. The third-order valence-electron chi connectivity index (χ3n) is 5.48. The van der Waals surface area contributed by atoms with E-state index in [9.17, 15) is 19.2 Å². The molecule has 0 aliphatic rings. The van der Waals surface area contributed by atoms with E-state index >= 15 is 0 Å². The van der Waals surface area contributed by atoms with Gasteiger partial charge in [0, 0.05) is 6.54 Å². The van der Waals surface area contributed by atoms with Crippen LogP contribution in [0.15, 0.2) is 18.2 Å². The van der Waals surface area contributed by atoms with E-state index in [1.807, 2.05) is 39.2 Å². The number of nitrogens with one attached hydrogen (secondary N) is 2. The average Bonchev–Trinajstić information content (AvgIpc) is 2.80. The van der Waals surface area contributed by atoms with Crippen molar-refractivity contribution in [1.82, 2.24) is 15.5 Å². The Hall–Kier alpha value is -2.75. The molecule has 2 atom stereocenters. The molecule has 0 radical (unpaired) electrons. The molecule has 0 spiro atoms. The van der Waals surface area contributed by atoms with E-state index in [2.05, 4.69) is 15.4 Å². The number of alkyl carbamates (subject to hydrolysis) is 1. The highest BCUT2D eigenvalue weighted by Gasteiger charge is 2.36. The third-order valence-corrected chi connectivity index (χ3v) is 6.13. The summed E-state index contributed by atoms with van der Waals surface area (Å²) >= 11 is 1.55. The van der Waals surface area contributed by atoms with Gasteiger partial charge in [-0.2, -0.15) is 11.8 Å². The minimum atomic E-state index is -1.00. The summed E-state index contributed by atoms with van der Waals surface area (Å²) in [6, 6.07) is 3.68. The van der Waals surface area contributed by atoms with Crippen LogP contribution in [-0.2, 0) is 23.9 Å². The largest absolute Gasteiger partial charge is 0.468 e. The predicted octanol–water partition coefficient (Wildman–Crippen LogP) is 3.52. The van der Waals surface area contributed by atoms with Crippen molar-refractivity contribution in [3.8, 4) is 0 Å². The van der Waals surface area contributed by atoms with E-state index in [4.69, 9.17) is 4.74 Å². The molecule has 0 fully saturated rings. The van der Waals surface area contributed by atoms with Crippen LogP contribution in [0.25, 0.3) is 0 Å². The minimum Gasteiger partial charge on any atom is -0.468 e. The van der Waals surface area contributed by atoms with Crippen LogP contribution in [0.1, 0.15) is 63.3 Å². The van der Waals surface area contributed by atoms with E-state index in [-0.39, 0.29) is 13.1 Å². The Kier molecular flexibility index (Phi) is 12.8. The number of esters is 1. The van der Waals surface area contributed by atoms with Gasteiger partial charge in [-0.15, -0.1) is 0 Å². The number of rotatable bonds is 12. The van der Waals surface area contributed by atoms with Crippen LogP contribution in [0.5, 0.6) is 0 Å². The monoisotopic (exact) mass is 523 g/mol. The number of amides is 3. The summed E-state index contributed by atoms with van der Waals surface area (Å²) in [5, 5.41) is 5.31. The SMILES string of the molecule is CCCN(C(=O)C(CCSC)NC(=O)OC(C)(C)C)C(C(=O)NCC(=O)OC)c1cccc(C)c1C. The lowest BCUT2D eigenvalue weighted by molar-refractivity contribution is -0.144. The van der Waals surface area contributed by atoms with Gasteiger partial charge in [0.2, 0.25) is 11.8 Å². The lowest BCUT2D eigenvalue weighted by Crippen LogP contribution is -2.53. The van der Waals surface area contributed by atoms with Gasteiger partial charge in [0.1, 0.15) is 24.2 Å². The number of nitrogens with zero attached hydrogens (tertiary/aromatic N) is 1. The Bertz CT molecular complexity index is 915. The fourth-order valence-electron chi connectivity index (χ4n) is 3.60. The second kappa shape index (κ2) is 14.7. The van der Waals surface area contributed by atoms with Crippen molar-refractivity contribution in [2.45, 2.75) is 72.1 Å². The van der Waals surface area contributed by atoms with Crippen molar-refractivity contribution in [3.63, 3.8) is 0 Å². The summed E-state index contributed by atoms with van der Waals surface area (Å²) in [4.78, 5) is 53.1. The minimum absolute atomic E-state index is 0.272. The summed E-state index contributed by atoms with van der Waals surface area (Å²) in [7, 11) is 1.24. The van der Waals surface area contributed by atoms with Crippen molar-refractivity contribution < 1.29 is 28.7 Å². The highest BCUT2D eigenvalue weighted by atomic mass is 32.2. The summed E-state index contributed by atoms with van der Waals surface area (Å²) in [6.07, 6.45) is 2.16. The topological polar surface area (TPSA) is 114 Å². The van der Waals surface area contributed by atoms with Crippen molar-refractivity contribution in [2.24, 2.45) is 0 Å². The first-order valence-electron chi connectivity index (χ1n) is 12.1. The Morgan fingerprint density at radius 3 is 2.36 bits per heavy atom. The zero-order chi connectivity index (χ0) is 27.5. The van der Waals surface area contributed by atoms with Crippen molar-refractivity contribution >= 4 is 35.6 Å². The number of thioether (sulfide) groups is 1. The molecule has 0 bridgehead atoms. The van der Waals surface area contributed by atoms with Gasteiger partial charge in [-0.05, 0) is 76.2 Å². The Morgan fingerprint density at radius 1 is 1.14 bits per heavy atom. The number of carbonyl (C=O) groups excluding carboxylic acids is 4. The van der Waals surface area contributed by atoms with E-state index in [0.717, 1.165) is 11.1 Å². The number of carbonyl (C=O) groups is 4. The van der Waals surface area contributed by atoms with Gasteiger partial charge in [0.25, 0.3) is 0 Å². The maximum absolute atomic E-state index is 13.9. The van der Waals surface area contributed by atoms with Crippen LogP contribution in [0.2, 0.25) is 0 Å². The summed E-state index contributed by atoms with van der Waals surface area (Å²) in [5.74, 6) is -0.872. The molecule has 2 unspecified atom stereocenters. The molecule has 0 aromatic heterocycles. The Morgan fingerprint density at radius 2 is 1.81 bits per heavy atom. The van der Waals surface area contributed by atoms with E-state index in [1.54, 1.807) is 38.6 Å². The first-order valence-corrected chi connectivity index (χ1v) is 13.4. The second-order valence-corrected chi connectivity index (χ2v) is 10.5. The van der Waals surface area contributed by atoms with Gasteiger partial charge in [-0.3, -0.25) is 14.4 Å². The number of aryl methyl sites for hydroxylation is 1. The molecule has 9 nitrogen and oxygen atoms in total. The third kappa shape index (κ3) is 9.72. The molecule has 202 valence electrons. The van der Waals surface area contributed by atoms with Gasteiger partial charge >= 0.3 is 12.1 Å². The number of benzene rings is 1. The molecule has 36 heavy (non-hydrogen) atoms. The first kappa shape index (κ1) is 31.3. The quantitative estimate of drug-likeness (QED) is 0.403. The molecule has 10 heteroatoms. The highest BCUT2D eigenvalue weighted by Crippen LogP contribution is 2.28. The van der Waals surface area contributed by atoms with Crippen molar-refractivity contribution in [3.05, 3.63) is 34.9 Å². The Labute approximate surface area is 219 Å². The fraction of sp³-hybridized carbons (Fsp3) is 0.615. The molecule has 1 aromatic carbocycles. The van der Waals surface area contributed by atoms with E-state index in [0.29, 0.717) is 24.2 Å². The fourth-order valence-corrected chi connectivity index (χ4v) is 4.07. The van der Waals surface area contributed by atoms with Gasteiger partial charge in [0.05, 0.1) is 7.11 Å². The molecule has 0 aliphatic heterocycles. The zero-order valence-corrected chi connectivity index (χ0v) is 23.5. The molecular weight excluding hydrogens is 482 g/mol. The summed E-state index contributed by atoms with van der Waals surface area (Å²) in [6.45, 7) is 10.9. The second-order valence-electron chi connectivity index (χ2n) is 9.50. The van der Waals surface area contributed by atoms with Crippen LogP contribution in [0.3, 0.4) is 0 Å². The van der Waals surface area contributed by atoms with Crippen molar-refractivity contribution in [2.75, 3.05) is 32.2 Å². The van der Waals surface area contributed by atoms with Crippen molar-refractivity contribution in [1.29, 1.82) is 0 Å². The van der Waals surface area contributed by atoms with Gasteiger partial charge in [0.15, 0.2) is 0 Å². The molecule has 2 N–H and O–H groups in total. The standard InChI is InChI=1S/C26H41N3O6S/c1-9-14-29(24(32)20(13-15-36-8)28-25(33)35-26(4,5)6)22(23(31)27-16-21(30)34-7)19-12-10-11-17(2)18(19)3/h10-12,20,22H,9,13-16H2,1-8H3,(H,27,31)(H,28,33). The van der Waals surface area contributed by atoms with Crippen LogP contribution >= 0.6 is 11.8 Å². The molecule has 0 saturated heterocycles.